The summed E-state index contributed by atoms with van der Waals surface area (Å²) < 4.78 is 0. The second-order valence-corrected chi connectivity index (χ2v) is 7.70. The zero-order chi connectivity index (χ0) is 15.1. The topological polar surface area (TPSA) is 37.0 Å². The molecule has 1 aromatic rings. The van der Waals surface area contributed by atoms with E-state index in [4.69, 9.17) is 12.2 Å². The highest BCUT2D eigenvalue weighted by molar-refractivity contribution is 7.80. The summed E-state index contributed by atoms with van der Waals surface area (Å²) in [5.74, 6) is 1.58. The third-order valence-corrected chi connectivity index (χ3v) is 6.43. The Kier molecular flexibility index (Phi) is 3.68. The van der Waals surface area contributed by atoms with Gasteiger partial charge in [0.15, 0.2) is 5.11 Å². The molecule has 0 amide bonds. The van der Waals surface area contributed by atoms with Crippen LogP contribution in [0.4, 0.5) is 0 Å². The first-order chi connectivity index (χ1) is 9.93. The Balaban J connectivity index is 1.62. The van der Waals surface area contributed by atoms with E-state index >= 15 is 0 Å². The number of fused-ring (bicyclic) bond motifs is 2. The van der Waals surface area contributed by atoms with Crippen LogP contribution in [0.25, 0.3) is 0 Å². The van der Waals surface area contributed by atoms with Gasteiger partial charge in [0.05, 0.1) is 0 Å². The largest absolute Gasteiger partial charge is 0.359 e. The molecule has 2 saturated carbocycles. The van der Waals surface area contributed by atoms with Gasteiger partial charge in [-0.15, -0.1) is 0 Å². The molecule has 3 rings (SSSR count). The maximum absolute atomic E-state index is 5.54. The van der Waals surface area contributed by atoms with Gasteiger partial charge in [-0.25, -0.2) is 0 Å². The normalized spacial score (nSPS) is 32.9. The maximum Gasteiger partial charge on any atom is 0.167 e. The number of aromatic nitrogens is 1. The van der Waals surface area contributed by atoms with Crippen LogP contribution in [0.2, 0.25) is 0 Å². The van der Waals surface area contributed by atoms with Crippen LogP contribution >= 0.6 is 12.2 Å². The molecular formula is C17H25N3S. The number of nitrogens with one attached hydrogen (secondary N) is 2. The Bertz CT molecular complexity index is 528. The second-order valence-electron chi connectivity index (χ2n) is 7.29. The average molecular weight is 303 g/mol. The van der Waals surface area contributed by atoms with Gasteiger partial charge in [0.2, 0.25) is 0 Å². The van der Waals surface area contributed by atoms with E-state index in [1.165, 1.54) is 24.8 Å². The van der Waals surface area contributed by atoms with Crippen molar-refractivity contribution in [2.45, 2.75) is 52.1 Å². The molecule has 0 aromatic carbocycles. The lowest BCUT2D eigenvalue weighted by atomic mass is 9.64. The van der Waals surface area contributed by atoms with Gasteiger partial charge >= 0.3 is 0 Å². The maximum atomic E-state index is 5.54. The fourth-order valence-electron chi connectivity index (χ4n) is 4.34. The van der Waals surface area contributed by atoms with Crippen molar-refractivity contribution in [3.63, 3.8) is 0 Å². The summed E-state index contributed by atoms with van der Waals surface area (Å²) in [6.07, 6.45) is 7.70. The summed E-state index contributed by atoms with van der Waals surface area (Å²) >= 11 is 5.54. The highest BCUT2D eigenvalue weighted by Gasteiger charge is 2.60. The van der Waals surface area contributed by atoms with E-state index in [0.29, 0.717) is 5.41 Å². The lowest BCUT2D eigenvalue weighted by Crippen LogP contribution is -2.61. The highest BCUT2D eigenvalue weighted by atomic mass is 32.1. The number of thiocarbonyl (C=S) groups is 1. The number of rotatable bonds is 3. The first-order valence-corrected chi connectivity index (χ1v) is 8.29. The van der Waals surface area contributed by atoms with Gasteiger partial charge in [0, 0.05) is 24.5 Å². The number of hydrogen-bond acceptors (Lipinski definition) is 2. The summed E-state index contributed by atoms with van der Waals surface area (Å²) in [5.41, 5.74) is 1.61. The van der Waals surface area contributed by atoms with Crippen LogP contribution in [-0.4, -0.2) is 15.6 Å². The Hall–Kier alpha value is -1.16. The fourth-order valence-corrected chi connectivity index (χ4v) is 4.62. The molecule has 4 heteroatoms. The predicted octanol–water partition coefficient (Wildman–Crippen LogP) is 3.26. The molecule has 1 aromatic heterocycles. The molecule has 21 heavy (non-hydrogen) atoms. The second kappa shape index (κ2) is 5.24. The van der Waals surface area contributed by atoms with E-state index in [9.17, 15) is 0 Å². The van der Waals surface area contributed by atoms with Gasteiger partial charge in [0.25, 0.3) is 0 Å². The average Bonchev–Trinajstić information content (AvgIpc) is 3.01. The number of pyridine rings is 1. The standard InChI is InChI=1S/C17H25N3S/c1-16(2)13-4-5-14(10-13)17(16,3)20-15(21)19-11-12-6-8-18-9-7-12/h6-9,13-14H,4-5,10-11H2,1-3H3,(H2,19,20,21)/t13-,14+,17+/m1/s1. The molecule has 2 aliphatic carbocycles. The van der Waals surface area contributed by atoms with Gasteiger partial charge in [0.1, 0.15) is 0 Å². The van der Waals surface area contributed by atoms with Crippen LogP contribution in [0.5, 0.6) is 0 Å². The molecule has 2 N–H and O–H groups in total. The van der Waals surface area contributed by atoms with Gasteiger partial charge in [-0.05, 0) is 73.4 Å². The molecule has 0 saturated heterocycles. The summed E-state index contributed by atoms with van der Waals surface area (Å²) in [5, 5.41) is 7.77. The summed E-state index contributed by atoms with van der Waals surface area (Å²) in [6, 6.07) is 4.03. The zero-order valence-corrected chi connectivity index (χ0v) is 14.0. The van der Waals surface area contributed by atoms with E-state index in [1.54, 1.807) is 0 Å². The number of hydrogen-bond donors (Lipinski definition) is 2. The van der Waals surface area contributed by atoms with Crippen molar-refractivity contribution in [1.82, 2.24) is 15.6 Å². The highest BCUT2D eigenvalue weighted by Crippen LogP contribution is 2.61. The van der Waals surface area contributed by atoms with E-state index in [2.05, 4.69) is 36.4 Å². The Morgan fingerprint density at radius 3 is 2.52 bits per heavy atom. The van der Waals surface area contributed by atoms with Gasteiger partial charge in [-0.1, -0.05) is 13.8 Å². The smallest absolute Gasteiger partial charge is 0.167 e. The zero-order valence-electron chi connectivity index (χ0n) is 13.1. The van der Waals surface area contributed by atoms with Crippen molar-refractivity contribution in [2.75, 3.05) is 0 Å². The van der Waals surface area contributed by atoms with Crippen LogP contribution in [0, 0.1) is 17.3 Å². The summed E-state index contributed by atoms with van der Waals surface area (Å²) in [7, 11) is 0. The molecule has 114 valence electrons. The van der Waals surface area contributed by atoms with E-state index in [1.807, 2.05) is 24.5 Å². The molecular weight excluding hydrogens is 278 g/mol. The third-order valence-electron chi connectivity index (χ3n) is 6.18. The predicted molar refractivity (Wildman–Crippen MR) is 89.8 cm³/mol. The van der Waals surface area contributed by atoms with Crippen molar-refractivity contribution in [3.05, 3.63) is 30.1 Å². The fraction of sp³-hybridized carbons (Fsp3) is 0.647. The van der Waals surface area contributed by atoms with Crippen molar-refractivity contribution >= 4 is 17.3 Å². The molecule has 3 atom stereocenters. The molecule has 0 unspecified atom stereocenters. The van der Waals surface area contributed by atoms with Gasteiger partial charge < -0.3 is 10.6 Å². The lowest BCUT2D eigenvalue weighted by molar-refractivity contribution is 0.0833. The molecule has 1 heterocycles. The van der Waals surface area contributed by atoms with Crippen molar-refractivity contribution in [3.8, 4) is 0 Å². The molecule has 3 nitrogen and oxygen atoms in total. The Labute approximate surface area is 132 Å². The Morgan fingerprint density at radius 2 is 1.90 bits per heavy atom. The van der Waals surface area contributed by atoms with Crippen molar-refractivity contribution in [1.29, 1.82) is 0 Å². The first-order valence-electron chi connectivity index (χ1n) is 7.88. The van der Waals surface area contributed by atoms with Crippen LogP contribution < -0.4 is 10.6 Å². The quantitative estimate of drug-likeness (QED) is 0.841. The minimum atomic E-state index is 0.109. The lowest BCUT2D eigenvalue weighted by Gasteiger charge is -2.48. The first kappa shape index (κ1) is 14.8. The SMILES string of the molecule is CC1(C)[C@@H]2CC[C@@H](C2)[C@]1(C)NC(=S)NCc1ccncc1. The van der Waals surface area contributed by atoms with Gasteiger partial charge in [-0.3, -0.25) is 4.98 Å². The van der Waals surface area contributed by atoms with E-state index in [0.717, 1.165) is 23.5 Å². The number of nitrogens with zero attached hydrogens (tertiary/aromatic N) is 1. The van der Waals surface area contributed by atoms with Crippen LogP contribution in [-0.2, 0) is 6.54 Å². The van der Waals surface area contributed by atoms with Crippen LogP contribution in [0.15, 0.2) is 24.5 Å². The monoisotopic (exact) mass is 303 g/mol. The molecule has 2 aliphatic rings. The third kappa shape index (κ3) is 2.44. The molecule has 0 radical (unpaired) electrons. The Morgan fingerprint density at radius 1 is 1.24 bits per heavy atom. The van der Waals surface area contributed by atoms with Crippen LogP contribution in [0.3, 0.4) is 0 Å². The molecule has 2 bridgehead atoms. The van der Waals surface area contributed by atoms with Crippen molar-refractivity contribution in [2.24, 2.45) is 17.3 Å². The minimum Gasteiger partial charge on any atom is -0.359 e. The van der Waals surface area contributed by atoms with Gasteiger partial charge in [-0.2, -0.15) is 0 Å². The summed E-state index contributed by atoms with van der Waals surface area (Å²) in [4.78, 5) is 4.04. The molecule has 0 aliphatic heterocycles. The van der Waals surface area contributed by atoms with E-state index < -0.39 is 0 Å². The van der Waals surface area contributed by atoms with Crippen LogP contribution in [0.1, 0.15) is 45.6 Å². The van der Waals surface area contributed by atoms with Crippen molar-refractivity contribution < 1.29 is 0 Å². The summed E-state index contributed by atoms with van der Waals surface area (Å²) in [6.45, 7) is 7.90. The van der Waals surface area contributed by atoms with E-state index in [-0.39, 0.29) is 5.54 Å². The minimum absolute atomic E-state index is 0.109. The molecule has 0 spiro atoms. The molecule has 2 fully saturated rings.